The predicted molar refractivity (Wildman–Crippen MR) is 66.4 cm³/mol. The van der Waals surface area contributed by atoms with Crippen LogP contribution >= 0.6 is 0 Å². The number of likely N-dealkylation sites (N-methyl/N-ethyl adjacent to an activating group) is 1. The van der Waals surface area contributed by atoms with Crippen LogP contribution in [0.2, 0.25) is 0 Å². The van der Waals surface area contributed by atoms with Crippen molar-refractivity contribution in [2.24, 2.45) is 0 Å². The van der Waals surface area contributed by atoms with E-state index in [0.717, 1.165) is 32.5 Å². The Morgan fingerprint density at radius 2 is 2.06 bits per heavy atom. The molecule has 1 heterocycles. The summed E-state index contributed by atoms with van der Waals surface area (Å²) in [7, 11) is 4.00. The highest BCUT2D eigenvalue weighted by Crippen LogP contribution is 2.09. The Hall–Kier alpha value is -0.610. The van der Waals surface area contributed by atoms with Gasteiger partial charge in [-0.1, -0.05) is 0 Å². The SMILES string of the molecule is CCN(C)C(=O)C(C)NC1CCN(C)CC1. The summed E-state index contributed by atoms with van der Waals surface area (Å²) in [5.74, 6) is 0.196. The molecule has 1 saturated heterocycles. The van der Waals surface area contributed by atoms with Gasteiger partial charge in [0.2, 0.25) is 5.91 Å². The molecule has 1 fully saturated rings. The zero-order valence-corrected chi connectivity index (χ0v) is 11.0. The van der Waals surface area contributed by atoms with Gasteiger partial charge in [0, 0.05) is 19.6 Å². The molecular formula is C12H25N3O. The third-order valence-corrected chi connectivity index (χ3v) is 3.43. The number of piperidine rings is 1. The van der Waals surface area contributed by atoms with Crippen LogP contribution in [-0.4, -0.2) is 61.5 Å². The van der Waals surface area contributed by atoms with Crippen LogP contribution in [0.15, 0.2) is 0 Å². The number of nitrogens with one attached hydrogen (secondary N) is 1. The van der Waals surface area contributed by atoms with Crippen LogP contribution < -0.4 is 5.32 Å². The fraction of sp³-hybridized carbons (Fsp3) is 0.917. The zero-order valence-electron chi connectivity index (χ0n) is 11.0. The highest BCUT2D eigenvalue weighted by Gasteiger charge is 2.22. The molecule has 1 atom stereocenters. The van der Waals surface area contributed by atoms with Gasteiger partial charge in [0.05, 0.1) is 6.04 Å². The molecule has 94 valence electrons. The summed E-state index contributed by atoms with van der Waals surface area (Å²) in [5, 5.41) is 3.44. The van der Waals surface area contributed by atoms with Gasteiger partial charge in [0.25, 0.3) is 0 Å². The molecule has 0 saturated carbocycles. The molecular weight excluding hydrogens is 202 g/mol. The van der Waals surface area contributed by atoms with Gasteiger partial charge in [-0.15, -0.1) is 0 Å². The number of hydrogen-bond donors (Lipinski definition) is 1. The molecule has 0 aromatic rings. The van der Waals surface area contributed by atoms with Crippen molar-refractivity contribution < 1.29 is 4.79 Å². The van der Waals surface area contributed by atoms with Gasteiger partial charge in [-0.3, -0.25) is 4.79 Å². The number of carbonyl (C=O) groups excluding carboxylic acids is 1. The summed E-state index contributed by atoms with van der Waals surface area (Å²) in [6, 6.07) is 0.443. The van der Waals surface area contributed by atoms with Crippen molar-refractivity contribution >= 4 is 5.91 Å². The van der Waals surface area contributed by atoms with Crippen molar-refractivity contribution in [3.05, 3.63) is 0 Å². The van der Waals surface area contributed by atoms with E-state index >= 15 is 0 Å². The van der Waals surface area contributed by atoms with Crippen molar-refractivity contribution in [2.45, 2.75) is 38.8 Å². The molecule has 16 heavy (non-hydrogen) atoms. The normalized spacial score (nSPS) is 20.8. The summed E-state index contributed by atoms with van der Waals surface area (Å²) < 4.78 is 0. The van der Waals surface area contributed by atoms with E-state index in [-0.39, 0.29) is 11.9 Å². The van der Waals surface area contributed by atoms with Gasteiger partial charge in [-0.05, 0) is 46.8 Å². The van der Waals surface area contributed by atoms with E-state index < -0.39 is 0 Å². The van der Waals surface area contributed by atoms with Gasteiger partial charge in [0.15, 0.2) is 0 Å². The fourth-order valence-electron chi connectivity index (χ4n) is 2.09. The van der Waals surface area contributed by atoms with Crippen LogP contribution in [0, 0.1) is 0 Å². The van der Waals surface area contributed by atoms with E-state index in [0.29, 0.717) is 6.04 Å². The van der Waals surface area contributed by atoms with Crippen LogP contribution in [0.1, 0.15) is 26.7 Å². The van der Waals surface area contributed by atoms with Crippen LogP contribution in [-0.2, 0) is 4.79 Å². The maximum atomic E-state index is 11.9. The second-order valence-corrected chi connectivity index (χ2v) is 4.82. The number of rotatable bonds is 4. The monoisotopic (exact) mass is 227 g/mol. The van der Waals surface area contributed by atoms with Crippen molar-refractivity contribution in [2.75, 3.05) is 33.7 Å². The van der Waals surface area contributed by atoms with E-state index in [4.69, 9.17) is 0 Å². The summed E-state index contributed by atoms with van der Waals surface area (Å²) in [5.41, 5.74) is 0. The third-order valence-electron chi connectivity index (χ3n) is 3.43. The Balaban J connectivity index is 2.33. The first-order valence-corrected chi connectivity index (χ1v) is 6.24. The molecule has 1 amide bonds. The second kappa shape index (κ2) is 6.21. The molecule has 1 unspecified atom stereocenters. The maximum Gasteiger partial charge on any atom is 0.239 e. The second-order valence-electron chi connectivity index (χ2n) is 4.82. The average Bonchev–Trinajstić information content (AvgIpc) is 2.30. The maximum absolute atomic E-state index is 11.9. The summed E-state index contributed by atoms with van der Waals surface area (Å²) in [4.78, 5) is 16.0. The van der Waals surface area contributed by atoms with Crippen LogP contribution in [0.5, 0.6) is 0 Å². The molecule has 0 spiro atoms. The van der Waals surface area contributed by atoms with E-state index in [1.54, 1.807) is 4.90 Å². The largest absolute Gasteiger partial charge is 0.345 e. The van der Waals surface area contributed by atoms with E-state index in [2.05, 4.69) is 17.3 Å². The third kappa shape index (κ3) is 3.76. The molecule has 0 radical (unpaired) electrons. The van der Waals surface area contributed by atoms with Crippen molar-refractivity contribution in [3.8, 4) is 0 Å². The molecule has 1 aliphatic rings. The minimum atomic E-state index is -0.0571. The number of carbonyl (C=O) groups is 1. The Kier molecular flexibility index (Phi) is 5.22. The van der Waals surface area contributed by atoms with Crippen molar-refractivity contribution in [3.63, 3.8) is 0 Å². The summed E-state index contributed by atoms with van der Waals surface area (Å²) >= 11 is 0. The number of nitrogens with zero attached hydrogens (tertiary/aromatic N) is 2. The number of amides is 1. The zero-order chi connectivity index (χ0) is 12.1. The summed E-state index contributed by atoms with van der Waals surface area (Å²) in [6.07, 6.45) is 2.29. The van der Waals surface area contributed by atoms with E-state index in [1.165, 1.54) is 0 Å². The van der Waals surface area contributed by atoms with Crippen molar-refractivity contribution in [1.29, 1.82) is 0 Å². The first-order valence-electron chi connectivity index (χ1n) is 6.24. The van der Waals surface area contributed by atoms with Gasteiger partial charge in [-0.2, -0.15) is 0 Å². The fourth-order valence-corrected chi connectivity index (χ4v) is 2.09. The number of likely N-dealkylation sites (tertiary alicyclic amines) is 1. The van der Waals surface area contributed by atoms with Crippen LogP contribution in [0.3, 0.4) is 0 Å². The Labute approximate surface area is 99.0 Å². The molecule has 1 aliphatic heterocycles. The van der Waals surface area contributed by atoms with E-state index in [9.17, 15) is 4.79 Å². The quantitative estimate of drug-likeness (QED) is 0.761. The topological polar surface area (TPSA) is 35.6 Å². The lowest BCUT2D eigenvalue weighted by atomic mass is 10.0. The lowest BCUT2D eigenvalue weighted by molar-refractivity contribution is -0.131. The molecule has 1 rings (SSSR count). The number of hydrogen-bond acceptors (Lipinski definition) is 3. The first-order chi connectivity index (χ1) is 7.54. The first kappa shape index (κ1) is 13.5. The minimum absolute atomic E-state index is 0.0571. The Morgan fingerprint density at radius 1 is 1.50 bits per heavy atom. The molecule has 4 nitrogen and oxygen atoms in total. The molecule has 4 heteroatoms. The summed E-state index contributed by atoms with van der Waals surface area (Å²) in [6.45, 7) is 7.00. The molecule has 1 N–H and O–H groups in total. The van der Waals surface area contributed by atoms with Gasteiger partial charge in [-0.25, -0.2) is 0 Å². The predicted octanol–water partition coefficient (Wildman–Crippen LogP) is 0.537. The molecule has 0 aromatic heterocycles. The van der Waals surface area contributed by atoms with Gasteiger partial charge >= 0.3 is 0 Å². The lowest BCUT2D eigenvalue weighted by Crippen LogP contribution is -2.50. The minimum Gasteiger partial charge on any atom is -0.345 e. The highest BCUT2D eigenvalue weighted by atomic mass is 16.2. The highest BCUT2D eigenvalue weighted by molar-refractivity contribution is 5.81. The van der Waals surface area contributed by atoms with Crippen LogP contribution in [0.25, 0.3) is 0 Å². The Bertz CT molecular complexity index is 224. The molecule has 0 aromatic carbocycles. The van der Waals surface area contributed by atoms with Crippen molar-refractivity contribution in [1.82, 2.24) is 15.1 Å². The van der Waals surface area contributed by atoms with Gasteiger partial charge < -0.3 is 15.1 Å². The van der Waals surface area contributed by atoms with Gasteiger partial charge in [0.1, 0.15) is 0 Å². The molecule has 0 aliphatic carbocycles. The standard InChI is InChI=1S/C12H25N3O/c1-5-15(4)12(16)10(2)13-11-6-8-14(3)9-7-11/h10-11,13H,5-9H2,1-4H3. The van der Waals surface area contributed by atoms with Crippen LogP contribution in [0.4, 0.5) is 0 Å². The molecule has 0 bridgehead atoms. The average molecular weight is 227 g/mol. The smallest absolute Gasteiger partial charge is 0.239 e. The van der Waals surface area contributed by atoms with E-state index in [1.807, 2.05) is 20.9 Å². The Morgan fingerprint density at radius 3 is 2.56 bits per heavy atom. The lowest BCUT2D eigenvalue weighted by Gasteiger charge is -2.32.